The average molecular weight is 407 g/mol. The van der Waals surface area contributed by atoms with Gasteiger partial charge in [0.2, 0.25) is 0 Å². The molecular formula is C21H34N4O4. The number of ether oxygens (including phenoxy) is 2. The lowest BCUT2D eigenvalue weighted by Gasteiger charge is -2.24. The SMILES string of the molecule is CC(C)(C)OC(=O)N1CCC(NC(=NCC2CCCO2)NCCc2ccco2)C1. The van der Waals surface area contributed by atoms with Crippen LogP contribution in [0.3, 0.4) is 0 Å². The molecule has 8 nitrogen and oxygen atoms in total. The molecule has 1 aromatic heterocycles. The molecule has 0 spiro atoms. The van der Waals surface area contributed by atoms with Crippen molar-refractivity contribution in [2.75, 3.05) is 32.8 Å². The van der Waals surface area contributed by atoms with Crippen LogP contribution in [0.5, 0.6) is 0 Å². The highest BCUT2D eigenvalue weighted by Gasteiger charge is 2.30. The van der Waals surface area contributed by atoms with Crippen LogP contribution >= 0.6 is 0 Å². The molecule has 0 saturated carbocycles. The van der Waals surface area contributed by atoms with Gasteiger partial charge >= 0.3 is 6.09 Å². The summed E-state index contributed by atoms with van der Waals surface area (Å²) in [5, 5.41) is 6.85. The third-order valence-electron chi connectivity index (χ3n) is 4.90. The van der Waals surface area contributed by atoms with Gasteiger partial charge in [-0.2, -0.15) is 0 Å². The summed E-state index contributed by atoms with van der Waals surface area (Å²) in [5.41, 5.74) is -0.482. The molecule has 2 N–H and O–H groups in total. The number of hydrogen-bond acceptors (Lipinski definition) is 5. The Balaban J connectivity index is 1.51. The van der Waals surface area contributed by atoms with Crippen LogP contribution in [0.2, 0.25) is 0 Å². The lowest BCUT2D eigenvalue weighted by Crippen LogP contribution is -2.46. The smallest absolute Gasteiger partial charge is 0.410 e. The molecular weight excluding hydrogens is 372 g/mol. The van der Waals surface area contributed by atoms with E-state index in [0.29, 0.717) is 26.2 Å². The Morgan fingerprint density at radius 1 is 1.38 bits per heavy atom. The van der Waals surface area contributed by atoms with E-state index in [2.05, 4.69) is 10.6 Å². The number of amides is 1. The summed E-state index contributed by atoms with van der Waals surface area (Å²) in [7, 11) is 0. The van der Waals surface area contributed by atoms with Crippen LogP contribution in [0.15, 0.2) is 27.8 Å². The number of rotatable bonds is 6. The second kappa shape index (κ2) is 10.0. The largest absolute Gasteiger partial charge is 0.469 e. The Morgan fingerprint density at radius 3 is 2.93 bits per heavy atom. The third kappa shape index (κ3) is 7.27. The minimum Gasteiger partial charge on any atom is -0.469 e. The predicted molar refractivity (Wildman–Crippen MR) is 111 cm³/mol. The number of guanidine groups is 1. The van der Waals surface area contributed by atoms with E-state index >= 15 is 0 Å². The normalized spacial score (nSPS) is 22.7. The van der Waals surface area contributed by atoms with Gasteiger partial charge in [-0.25, -0.2) is 4.79 Å². The van der Waals surface area contributed by atoms with Gasteiger partial charge in [-0.05, 0) is 52.2 Å². The minimum absolute atomic E-state index is 0.141. The maximum absolute atomic E-state index is 12.3. The average Bonchev–Trinajstić information content (AvgIpc) is 3.40. The molecule has 1 aromatic rings. The van der Waals surface area contributed by atoms with Crippen LogP contribution in [0.1, 0.15) is 45.8 Å². The summed E-state index contributed by atoms with van der Waals surface area (Å²) < 4.78 is 16.6. The number of carbonyl (C=O) groups excluding carboxylic acids is 1. The van der Waals surface area contributed by atoms with Gasteiger partial charge in [0.1, 0.15) is 11.4 Å². The summed E-state index contributed by atoms with van der Waals surface area (Å²) in [6.45, 7) is 9.11. The van der Waals surface area contributed by atoms with Crippen molar-refractivity contribution >= 4 is 12.1 Å². The number of carbonyl (C=O) groups is 1. The van der Waals surface area contributed by atoms with Crippen LogP contribution in [-0.2, 0) is 15.9 Å². The van der Waals surface area contributed by atoms with Gasteiger partial charge < -0.3 is 29.4 Å². The molecule has 0 aliphatic carbocycles. The van der Waals surface area contributed by atoms with Gasteiger partial charge in [0.25, 0.3) is 0 Å². The number of nitrogens with zero attached hydrogens (tertiary/aromatic N) is 2. The van der Waals surface area contributed by atoms with Gasteiger partial charge in [0.15, 0.2) is 5.96 Å². The topological polar surface area (TPSA) is 88.3 Å². The van der Waals surface area contributed by atoms with Crippen molar-refractivity contribution in [1.29, 1.82) is 0 Å². The zero-order chi connectivity index (χ0) is 20.7. The fourth-order valence-electron chi connectivity index (χ4n) is 3.46. The first-order chi connectivity index (χ1) is 13.9. The van der Waals surface area contributed by atoms with Crippen molar-refractivity contribution in [3.8, 4) is 0 Å². The van der Waals surface area contributed by atoms with E-state index in [0.717, 1.165) is 44.0 Å². The Kier molecular flexibility index (Phi) is 7.41. The Bertz CT molecular complexity index is 663. The highest BCUT2D eigenvalue weighted by atomic mass is 16.6. The molecule has 3 rings (SSSR count). The predicted octanol–water partition coefficient (Wildman–Crippen LogP) is 2.55. The summed E-state index contributed by atoms with van der Waals surface area (Å²) in [5.74, 6) is 1.69. The maximum atomic E-state index is 12.3. The molecule has 29 heavy (non-hydrogen) atoms. The highest BCUT2D eigenvalue weighted by molar-refractivity contribution is 5.80. The molecule has 0 aromatic carbocycles. The number of furan rings is 1. The Hall–Kier alpha value is -2.22. The van der Waals surface area contributed by atoms with Crippen molar-refractivity contribution in [3.05, 3.63) is 24.2 Å². The van der Waals surface area contributed by atoms with Gasteiger partial charge in [-0.3, -0.25) is 4.99 Å². The van der Waals surface area contributed by atoms with Crippen molar-refractivity contribution in [2.45, 2.75) is 64.2 Å². The number of likely N-dealkylation sites (tertiary alicyclic amines) is 1. The van der Waals surface area contributed by atoms with Gasteiger partial charge in [-0.1, -0.05) is 0 Å². The molecule has 0 radical (unpaired) electrons. The second-order valence-electron chi connectivity index (χ2n) is 8.64. The molecule has 2 saturated heterocycles. The van der Waals surface area contributed by atoms with Crippen LogP contribution in [0.4, 0.5) is 4.79 Å². The molecule has 2 aliphatic rings. The lowest BCUT2D eigenvalue weighted by atomic mass is 10.2. The zero-order valence-corrected chi connectivity index (χ0v) is 17.8. The van der Waals surface area contributed by atoms with Crippen molar-refractivity contribution in [3.63, 3.8) is 0 Å². The quantitative estimate of drug-likeness (QED) is 0.558. The van der Waals surface area contributed by atoms with E-state index in [1.165, 1.54) is 0 Å². The summed E-state index contributed by atoms with van der Waals surface area (Å²) in [6.07, 6.45) is 5.41. The van der Waals surface area contributed by atoms with Crippen molar-refractivity contribution < 1.29 is 18.7 Å². The third-order valence-corrected chi connectivity index (χ3v) is 4.90. The lowest BCUT2D eigenvalue weighted by molar-refractivity contribution is 0.0292. The Labute approximate surface area is 173 Å². The van der Waals surface area contributed by atoms with Crippen molar-refractivity contribution in [1.82, 2.24) is 15.5 Å². The first kappa shape index (κ1) is 21.5. The van der Waals surface area contributed by atoms with Gasteiger partial charge in [-0.15, -0.1) is 0 Å². The molecule has 3 heterocycles. The molecule has 8 heteroatoms. The van der Waals surface area contributed by atoms with E-state index < -0.39 is 5.60 Å². The van der Waals surface area contributed by atoms with E-state index in [1.54, 1.807) is 11.2 Å². The Morgan fingerprint density at radius 2 is 2.24 bits per heavy atom. The number of hydrogen-bond donors (Lipinski definition) is 2. The molecule has 1 amide bonds. The zero-order valence-electron chi connectivity index (χ0n) is 17.8. The number of aliphatic imine (C=N–C) groups is 1. The van der Waals surface area contributed by atoms with Crippen LogP contribution in [0, 0.1) is 0 Å². The second-order valence-corrected chi connectivity index (χ2v) is 8.64. The standard InChI is InChI=1S/C21H34N4O4/c1-21(2,3)29-20(26)25-11-9-16(15-25)24-19(23-14-18-7-5-13-28-18)22-10-8-17-6-4-12-27-17/h4,6,12,16,18H,5,7-11,13-15H2,1-3H3,(H2,22,23,24). The van der Waals surface area contributed by atoms with E-state index in [1.807, 2.05) is 32.9 Å². The van der Waals surface area contributed by atoms with Crippen LogP contribution in [-0.4, -0.2) is 67.5 Å². The molecule has 2 fully saturated rings. The highest BCUT2D eigenvalue weighted by Crippen LogP contribution is 2.16. The summed E-state index contributed by atoms with van der Waals surface area (Å²) in [4.78, 5) is 18.8. The molecule has 2 atom stereocenters. The minimum atomic E-state index is -0.482. The number of nitrogens with one attached hydrogen (secondary N) is 2. The van der Waals surface area contributed by atoms with Crippen LogP contribution < -0.4 is 10.6 Å². The maximum Gasteiger partial charge on any atom is 0.410 e. The fourth-order valence-corrected chi connectivity index (χ4v) is 3.46. The first-order valence-electron chi connectivity index (χ1n) is 10.6. The summed E-state index contributed by atoms with van der Waals surface area (Å²) >= 11 is 0. The molecule has 2 aliphatic heterocycles. The van der Waals surface area contributed by atoms with Crippen LogP contribution in [0.25, 0.3) is 0 Å². The fraction of sp³-hybridized carbons (Fsp3) is 0.714. The molecule has 0 bridgehead atoms. The van der Waals surface area contributed by atoms with Gasteiger partial charge in [0, 0.05) is 38.7 Å². The first-order valence-corrected chi connectivity index (χ1v) is 10.6. The van der Waals surface area contributed by atoms with E-state index in [9.17, 15) is 4.79 Å². The molecule has 162 valence electrons. The van der Waals surface area contributed by atoms with E-state index in [4.69, 9.17) is 18.9 Å². The van der Waals surface area contributed by atoms with Gasteiger partial charge in [0.05, 0.1) is 18.9 Å². The van der Waals surface area contributed by atoms with E-state index in [-0.39, 0.29) is 18.2 Å². The summed E-state index contributed by atoms with van der Waals surface area (Å²) in [6, 6.07) is 4.00. The monoisotopic (exact) mass is 406 g/mol. The van der Waals surface area contributed by atoms with Crippen molar-refractivity contribution in [2.24, 2.45) is 4.99 Å². The molecule has 2 unspecified atom stereocenters.